The Hall–Kier alpha value is -6.40. The van der Waals surface area contributed by atoms with E-state index in [4.69, 9.17) is 4.74 Å². The number of pyridine rings is 2. The molecule has 10 rings (SSSR count). The molecule has 0 radical (unpaired) electrons. The Morgan fingerprint density at radius 2 is 1.03 bits per heavy atom. The average molecular weight is 1290 g/mol. The van der Waals surface area contributed by atoms with E-state index >= 15 is 0 Å². The molecule has 3 fully saturated rings. The number of allylic oxidation sites excluding steroid dienone is 1. The van der Waals surface area contributed by atoms with Gasteiger partial charge in [-0.3, -0.25) is 9.36 Å². The van der Waals surface area contributed by atoms with Gasteiger partial charge in [-0.15, -0.1) is 5.10 Å². The number of amides is 1. The Morgan fingerprint density at radius 3 is 1.42 bits per heavy atom. The van der Waals surface area contributed by atoms with Crippen LogP contribution in [0.15, 0.2) is 108 Å². The third-order valence-electron chi connectivity index (χ3n) is 7.86. The smallest absolute Gasteiger partial charge is 0.342 e. The average Bonchev–Trinajstić information content (AvgIpc) is 4.45. The summed E-state index contributed by atoms with van der Waals surface area (Å²) in [6.07, 6.45) is 13.2. The van der Waals surface area contributed by atoms with Crippen molar-refractivity contribution in [1.29, 1.82) is 0 Å². The van der Waals surface area contributed by atoms with E-state index in [1.165, 1.54) is 10.9 Å². The molecule has 0 saturated carbocycles. The molecule has 21 nitrogen and oxygen atoms in total. The molecule has 5 aromatic rings. The molecule has 5 aliphatic heterocycles. The highest BCUT2D eigenvalue weighted by Crippen LogP contribution is 2.20. The third kappa shape index (κ3) is 64.1. The van der Waals surface area contributed by atoms with Crippen molar-refractivity contribution >= 4 is 60.9 Å². The summed E-state index contributed by atoms with van der Waals surface area (Å²) in [4.78, 5) is 32.6. The number of anilines is 2. The second kappa shape index (κ2) is 87.0. The van der Waals surface area contributed by atoms with Crippen molar-refractivity contribution in [2.24, 2.45) is 12.0 Å². The molecular weight excluding hydrogens is 1150 g/mol. The van der Waals surface area contributed by atoms with E-state index in [2.05, 4.69) is 79.1 Å². The second-order valence-corrected chi connectivity index (χ2v) is 16.5. The monoisotopic (exact) mass is 1280 g/mol. The van der Waals surface area contributed by atoms with Crippen LogP contribution in [0.5, 0.6) is 0 Å². The molecule has 0 bridgehead atoms. The van der Waals surface area contributed by atoms with Gasteiger partial charge in [-0.05, 0) is 61.7 Å². The molecule has 5 aliphatic rings. The van der Waals surface area contributed by atoms with E-state index in [9.17, 15) is 26.4 Å². The highest BCUT2D eigenvalue weighted by molar-refractivity contribution is 7.89. The highest BCUT2D eigenvalue weighted by atomic mass is 32.2. The minimum atomic E-state index is -2.83. The van der Waals surface area contributed by atoms with Crippen molar-refractivity contribution in [1.82, 2.24) is 54.9 Å². The summed E-state index contributed by atoms with van der Waals surface area (Å²) in [7, 11) is -4.00. The lowest BCUT2D eigenvalue weighted by atomic mass is 10.2. The maximum Gasteiger partial charge on any atom is 0.342 e. The third-order valence-corrected chi connectivity index (χ3v) is 10.8. The fraction of sp³-hybridized carbons (Fsp3) is 0.600. The molecule has 1 amide bonds. The summed E-state index contributed by atoms with van der Waals surface area (Å²) in [5.41, 5.74) is 5.47. The molecule has 0 aliphatic carbocycles. The van der Waals surface area contributed by atoms with Crippen molar-refractivity contribution in [2.75, 3.05) is 55.0 Å². The van der Waals surface area contributed by atoms with Crippen LogP contribution in [0.4, 0.5) is 11.5 Å². The number of morpholine rings is 1. The lowest BCUT2D eigenvalue weighted by Crippen LogP contribution is -2.36. The summed E-state index contributed by atoms with van der Waals surface area (Å²) in [5, 5.41) is 24.5. The molecule has 9 heterocycles. The van der Waals surface area contributed by atoms with E-state index in [-0.39, 0.29) is 18.2 Å². The van der Waals surface area contributed by atoms with Crippen LogP contribution in [-0.4, -0.2) is 113 Å². The Morgan fingerprint density at radius 1 is 0.545 bits per heavy atom. The van der Waals surface area contributed by atoms with Crippen LogP contribution in [0.2, 0.25) is 0 Å². The maximum absolute atomic E-state index is 10.5. The maximum atomic E-state index is 10.5. The molecule has 23 heteroatoms. The summed E-state index contributed by atoms with van der Waals surface area (Å²) >= 11 is 0. The largest absolute Gasteiger partial charge is 0.370 e. The van der Waals surface area contributed by atoms with Gasteiger partial charge in [0.2, 0.25) is 31.6 Å². The number of hydrogen-bond acceptors (Lipinski definition) is 15. The van der Waals surface area contributed by atoms with Gasteiger partial charge in [-0.25, -0.2) is 51.1 Å². The number of benzene rings is 1. The van der Waals surface area contributed by atoms with Crippen molar-refractivity contribution in [2.45, 2.75) is 213 Å². The van der Waals surface area contributed by atoms with Crippen molar-refractivity contribution < 1.29 is 26.4 Å². The van der Waals surface area contributed by atoms with Gasteiger partial charge in [-0.1, -0.05) is 225 Å². The number of hydrogen-bond donors (Lipinski definition) is 7. The molecule has 3 saturated heterocycles. The Kier molecular flexibility index (Phi) is 105. The second-order valence-electron chi connectivity index (χ2n) is 12.7. The first-order valence-electron chi connectivity index (χ1n) is 32.4. The first-order chi connectivity index (χ1) is 42.8. The molecule has 516 valence electrons. The number of ether oxygens (including phenoxy) is 1. The summed E-state index contributed by atoms with van der Waals surface area (Å²) in [6.45, 7) is 66.3. The first-order valence-corrected chi connectivity index (χ1v) is 35.8. The number of aliphatic imine (C=N–C) groups is 1. The molecule has 0 atom stereocenters. The Bertz CT molecular complexity index is 2400. The van der Waals surface area contributed by atoms with Crippen LogP contribution in [0.1, 0.15) is 224 Å². The van der Waals surface area contributed by atoms with E-state index < -0.39 is 20.0 Å². The summed E-state index contributed by atoms with van der Waals surface area (Å²) < 4.78 is 52.6. The van der Waals surface area contributed by atoms with Crippen molar-refractivity contribution in [3.05, 3.63) is 120 Å². The molecule has 4 aromatic heterocycles. The van der Waals surface area contributed by atoms with Crippen LogP contribution in [0, 0.1) is 0 Å². The summed E-state index contributed by atoms with van der Waals surface area (Å²) in [6, 6.07) is 15.6. The SMILES string of the molecule is C=C1C=Cc2cccnc2N1.C=C1N=Cc2ccccc2N1.CC.CC.CC.CC.CC.CC.CC.CC.CC.CC.CC.CC.CC.CC.Cn1cn[nH]c1=O.O=C1COCCN1.O=S1(=O)CCCCN1.O=S1(=O)CCCN1.c1cnc2n[nH]nc2c1. The number of para-hydroxylation sites is 1. The number of aromatic nitrogens is 8. The van der Waals surface area contributed by atoms with E-state index in [1.807, 2.05) is 261 Å². The van der Waals surface area contributed by atoms with Crippen LogP contribution >= 0.6 is 0 Å². The van der Waals surface area contributed by atoms with Crippen LogP contribution in [-0.2, 0) is 36.6 Å². The zero-order valence-electron chi connectivity index (χ0n) is 60.9. The predicted molar refractivity (Wildman–Crippen MR) is 388 cm³/mol. The molecule has 1 aromatic carbocycles. The Balaban J connectivity index is -0.0000000822. The standard InChI is InChI=1S/2C9H8N2.C5H4N4.C4H9NO2S.C4H7NO2.C3H5N3O.C3H7NO2S.14C2H6/c1-7-4-5-8-3-2-6-10-9(8)11-7;1-7-10-6-8-4-2-3-5-9(8)11-7;1-2-4-5(6-3-1)8-9-7-4;6-8(7)4-2-1-3-5-8;6-4-3-7-2-1-5-4;1-6-2-4-5-3(6)7;5-7(6)3-1-2-4-7;14*1-2/h2-6H,1H2,(H,10,11);2-6,11H,1H2;1-3H,(H,6,7,8,9);5H,1-4H2;1-3H2,(H,5,6);2H,1H3,(H,5,7);4H,1-3H2;14*1-2H3. The van der Waals surface area contributed by atoms with Gasteiger partial charge in [0.05, 0.1) is 18.1 Å². The van der Waals surface area contributed by atoms with Crippen LogP contribution < -0.4 is 31.1 Å². The summed E-state index contributed by atoms with van der Waals surface area (Å²) in [5.74, 6) is 2.20. The molecule has 7 N–H and O–H groups in total. The van der Waals surface area contributed by atoms with Crippen LogP contribution in [0.3, 0.4) is 0 Å². The topological polar surface area (TPSA) is 285 Å². The van der Waals surface area contributed by atoms with E-state index in [0.717, 1.165) is 53.1 Å². The zero-order valence-corrected chi connectivity index (χ0v) is 62.5. The number of H-pyrrole nitrogens is 2. The van der Waals surface area contributed by atoms with Crippen LogP contribution in [0.25, 0.3) is 17.2 Å². The quantitative estimate of drug-likeness (QED) is 0.0759. The number of aromatic amines is 2. The lowest BCUT2D eigenvalue weighted by Gasteiger charge is -2.12. The predicted octanol–water partition coefficient (Wildman–Crippen LogP) is 16.0. The lowest BCUT2D eigenvalue weighted by molar-refractivity contribution is -0.128. The normalized spacial score (nSPS) is 12.7. The number of nitrogens with zero attached hydrogens (tertiary/aromatic N) is 7. The Labute approximate surface area is 539 Å². The van der Waals surface area contributed by atoms with Gasteiger partial charge in [0.1, 0.15) is 30.1 Å². The van der Waals surface area contributed by atoms with Gasteiger partial charge >= 0.3 is 5.69 Å². The number of carbonyl (C=O) groups excluding carboxylic acids is 1. The highest BCUT2D eigenvalue weighted by Gasteiger charge is 2.15. The molecular formula is C65H132N14O7S2. The van der Waals surface area contributed by atoms with Crippen molar-refractivity contribution in [3.8, 4) is 0 Å². The zero-order chi connectivity index (χ0) is 71.2. The number of aryl methyl sites for hydroxylation is 1. The number of nitrogens with one attached hydrogen (secondary N) is 7. The van der Waals surface area contributed by atoms with Crippen molar-refractivity contribution in [3.63, 3.8) is 0 Å². The first kappa shape index (κ1) is 106. The van der Waals surface area contributed by atoms with E-state index in [0.29, 0.717) is 49.2 Å². The minimum absolute atomic E-state index is 0.00810. The minimum Gasteiger partial charge on any atom is -0.370 e. The van der Waals surface area contributed by atoms with Gasteiger partial charge in [0, 0.05) is 67.8 Å². The van der Waals surface area contributed by atoms with Gasteiger partial charge in [0.25, 0.3) is 0 Å². The number of sulfonamides is 2. The fourth-order valence-corrected chi connectivity index (χ4v) is 7.15. The molecule has 0 spiro atoms. The van der Waals surface area contributed by atoms with Gasteiger partial charge in [0.15, 0.2) is 0 Å². The molecule has 0 unspecified atom stereocenters. The fourth-order valence-electron chi connectivity index (χ4n) is 4.85. The molecule has 88 heavy (non-hydrogen) atoms. The number of fused-ring (bicyclic) bond motifs is 3. The van der Waals surface area contributed by atoms with E-state index in [1.54, 1.807) is 19.4 Å². The van der Waals surface area contributed by atoms with Gasteiger partial charge in [-0.2, -0.15) is 15.4 Å². The number of carbonyl (C=O) groups is 1. The number of rotatable bonds is 0. The van der Waals surface area contributed by atoms with Gasteiger partial charge < -0.3 is 20.7 Å².